The van der Waals surface area contributed by atoms with Gasteiger partial charge in [0, 0.05) is 0 Å². The van der Waals surface area contributed by atoms with Crippen LogP contribution in [0.5, 0.6) is 5.75 Å². The average Bonchev–Trinajstić information content (AvgIpc) is 2.40. The summed E-state index contributed by atoms with van der Waals surface area (Å²) in [6, 6.07) is 5.39. The van der Waals surface area contributed by atoms with Crippen LogP contribution in [0.1, 0.15) is 27.7 Å². The minimum absolute atomic E-state index is 0.262. The molecule has 0 spiro atoms. The second-order valence-corrected chi connectivity index (χ2v) is 6.35. The van der Waals surface area contributed by atoms with Crippen LogP contribution in [0.25, 0.3) is 0 Å². The van der Waals surface area contributed by atoms with Gasteiger partial charge in [0.25, 0.3) is 0 Å². The fraction of sp³-hybridized carbons (Fsp3) is 0.500. The summed E-state index contributed by atoms with van der Waals surface area (Å²) in [6.45, 7) is 8.07. The number of hydrogen-bond acceptors (Lipinski definition) is 3. The van der Waals surface area contributed by atoms with Gasteiger partial charge in [-0.15, -0.1) is 0 Å². The molecule has 1 heterocycles. The van der Waals surface area contributed by atoms with E-state index in [9.17, 15) is 5.11 Å². The smallest absolute Gasteiger partial charge is 0.496 e. The van der Waals surface area contributed by atoms with E-state index in [1.165, 1.54) is 0 Å². The van der Waals surface area contributed by atoms with Crippen LogP contribution in [-0.2, 0) is 9.31 Å². The van der Waals surface area contributed by atoms with Crippen LogP contribution < -0.4 is 5.46 Å². The molecule has 5 heteroatoms. The highest BCUT2D eigenvalue weighted by Gasteiger charge is 2.52. The first kappa shape index (κ1) is 13.2. The van der Waals surface area contributed by atoms with Crippen molar-refractivity contribution in [3.05, 3.63) is 21.8 Å². The molecule has 0 bridgehead atoms. The molecule has 1 aliphatic rings. The van der Waals surface area contributed by atoms with Gasteiger partial charge in [-0.3, -0.25) is 0 Å². The van der Waals surface area contributed by atoms with Gasteiger partial charge >= 0.3 is 7.12 Å². The maximum Gasteiger partial charge on any atom is 0.496 e. The van der Waals surface area contributed by atoms with Gasteiger partial charge in [0.2, 0.25) is 0 Å². The molecular formula is C12H16BIO3. The molecular weight excluding hydrogens is 330 g/mol. The summed E-state index contributed by atoms with van der Waals surface area (Å²) in [5.41, 5.74) is 0.169. The zero-order valence-corrected chi connectivity index (χ0v) is 12.6. The predicted octanol–water partition coefficient (Wildman–Crippen LogP) is 2.30. The molecule has 1 saturated heterocycles. The SMILES string of the molecule is CC1(C)OB(c2cccc(O)c2I)OC1(C)C. The van der Waals surface area contributed by atoms with Gasteiger partial charge < -0.3 is 14.4 Å². The van der Waals surface area contributed by atoms with E-state index < -0.39 is 7.12 Å². The minimum Gasteiger partial charge on any atom is -0.507 e. The zero-order valence-electron chi connectivity index (χ0n) is 10.5. The molecule has 1 aromatic rings. The number of halogens is 1. The van der Waals surface area contributed by atoms with Crippen LogP contribution in [0.2, 0.25) is 0 Å². The summed E-state index contributed by atoms with van der Waals surface area (Å²) in [4.78, 5) is 0. The lowest BCUT2D eigenvalue weighted by Crippen LogP contribution is -2.41. The van der Waals surface area contributed by atoms with Crippen molar-refractivity contribution >= 4 is 35.2 Å². The summed E-state index contributed by atoms with van der Waals surface area (Å²) in [5.74, 6) is 0.262. The third-order valence-electron chi connectivity index (χ3n) is 3.52. The van der Waals surface area contributed by atoms with Crippen molar-refractivity contribution in [3.63, 3.8) is 0 Å². The Morgan fingerprint density at radius 3 is 2.18 bits per heavy atom. The molecule has 0 amide bonds. The van der Waals surface area contributed by atoms with Crippen molar-refractivity contribution < 1.29 is 14.4 Å². The molecule has 0 saturated carbocycles. The summed E-state index contributed by atoms with van der Waals surface area (Å²) in [6.07, 6.45) is 0. The third kappa shape index (κ3) is 2.20. The molecule has 1 aliphatic heterocycles. The molecule has 0 unspecified atom stereocenters. The van der Waals surface area contributed by atoms with Crippen LogP contribution >= 0.6 is 22.6 Å². The Morgan fingerprint density at radius 1 is 1.12 bits per heavy atom. The van der Waals surface area contributed by atoms with Crippen molar-refractivity contribution in [1.29, 1.82) is 0 Å². The monoisotopic (exact) mass is 346 g/mol. The first-order valence-corrected chi connectivity index (χ1v) is 6.65. The Morgan fingerprint density at radius 2 is 1.65 bits per heavy atom. The van der Waals surface area contributed by atoms with Crippen LogP contribution in [0, 0.1) is 3.57 Å². The number of aromatic hydroxyl groups is 1. The third-order valence-corrected chi connectivity index (χ3v) is 4.69. The summed E-state index contributed by atoms with van der Waals surface area (Å²) in [7, 11) is -0.418. The quantitative estimate of drug-likeness (QED) is 0.627. The van der Waals surface area contributed by atoms with Crippen molar-refractivity contribution in [2.45, 2.75) is 38.9 Å². The van der Waals surface area contributed by atoms with E-state index in [1.54, 1.807) is 12.1 Å². The van der Waals surface area contributed by atoms with E-state index in [0.717, 1.165) is 9.03 Å². The Bertz CT molecular complexity index is 429. The van der Waals surface area contributed by atoms with Gasteiger partial charge in [-0.25, -0.2) is 0 Å². The summed E-state index contributed by atoms with van der Waals surface area (Å²) in [5, 5.41) is 9.70. The molecule has 1 fully saturated rings. The van der Waals surface area contributed by atoms with Gasteiger partial charge in [0.1, 0.15) is 5.75 Å². The number of benzene rings is 1. The maximum absolute atomic E-state index is 9.70. The second kappa shape index (κ2) is 4.14. The van der Waals surface area contributed by atoms with Crippen LogP contribution in [-0.4, -0.2) is 23.4 Å². The molecule has 92 valence electrons. The number of rotatable bonds is 1. The molecule has 3 nitrogen and oxygen atoms in total. The molecule has 0 atom stereocenters. The van der Waals surface area contributed by atoms with Crippen molar-refractivity contribution in [1.82, 2.24) is 0 Å². The van der Waals surface area contributed by atoms with E-state index in [0.29, 0.717) is 0 Å². The fourth-order valence-electron chi connectivity index (χ4n) is 1.69. The summed E-state index contributed by atoms with van der Waals surface area (Å²) < 4.78 is 12.7. The molecule has 0 radical (unpaired) electrons. The zero-order chi connectivity index (χ0) is 12.8. The normalized spacial score (nSPS) is 21.8. The van der Waals surface area contributed by atoms with Gasteiger partial charge in [-0.1, -0.05) is 12.1 Å². The molecule has 2 rings (SSSR count). The Labute approximate surface area is 116 Å². The van der Waals surface area contributed by atoms with Crippen LogP contribution in [0.15, 0.2) is 18.2 Å². The van der Waals surface area contributed by atoms with E-state index >= 15 is 0 Å². The highest BCUT2D eigenvalue weighted by atomic mass is 127. The Hall–Kier alpha value is -0.265. The van der Waals surface area contributed by atoms with E-state index in [4.69, 9.17) is 9.31 Å². The molecule has 0 aliphatic carbocycles. The lowest BCUT2D eigenvalue weighted by molar-refractivity contribution is 0.00578. The van der Waals surface area contributed by atoms with Gasteiger partial charge in [0.05, 0.1) is 14.8 Å². The lowest BCUT2D eigenvalue weighted by atomic mass is 9.79. The van der Waals surface area contributed by atoms with E-state index in [-0.39, 0.29) is 17.0 Å². The van der Waals surface area contributed by atoms with Gasteiger partial charge in [0.15, 0.2) is 0 Å². The molecule has 17 heavy (non-hydrogen) atoms. The predicted molar refractivity (Wildman–Crippen MR) is 76.5 cm³/mol. The minimum atomic E-state index is -0.418. The molecule has 0 aromatic heterocycles. The lowest BCUT2D eigenvalue weighted by Gasteiger charge is -2.32. The number of hydrogen-bond donors (Lipinski definition) is 1. The second-order valence-electron chi connectivity index (χ2n) is 5.27. The van der Waals surface area contributed by atoms with Crippen molar-refractivity contribution in [2.75, 3.05) is 0 Å². The van der Waals surface area contributed by atoms with Gasteiger partial charge in [-0.05, 0) is 61.8 Å². The first-order chi connectivity index (χ1) is 7.74. The van der Waals surface area contributed by atoms with E-state index in [1.807, 2.05) is 33.8 Å². The average molecular weight is 346 g/mol. The topological polar surface area (TPSA) is 38.7 Å². The molecule has 1 N–H and O–H groups in total. The van der Waals surface area contributed by atoms with Crippen LogP contribution in [0.3, 0.4) is 0 Å². The van der Waals surface area contributed by atoms with Crippen molar-refractivity contribution in [2.24, 2.45) is 0 Å². The fourth-order valence-corrected chi connectivity index (χ4v) is 2.30. The van der Waals surface area contributed by atoms with E-state index in [2.05, 4.69) is 22.6 Å². The highest BCUT2D eigenvalue weighted by molar-refractivity contribution is 14.1. The highest BCUT2D eigenvalue weighted by Crippen LogP contribution is 2.37. The maximum atomic E-state index is 9.70. The molecule has 1 aromatic carbocycles. The Kier molecular flexibility index (Phi) is 3.21. The number of phenolic OH excluding ortho intramolecular Hbond substituents is 1. The first-order valence-electron chi connectivity index (χ1n) is 5.57. The largest absolute Gasteiger partial charge is 0.507 e. The van der Waals surface area contributed by atoms with Crippen molar-refractivity contribution in [3.8, 4) is 5.75 Å². The summed E-state index contributed by atoms with van der Waals surface area (Å²) >= 11 is 2.11. The number of phenols is 1. The Balaban J connectivity index is 2.36. The van der Waals surface area contributed by atoms with Crippen LogP contribution in [0.4, 0.5) is 0 Å². The standard InChI is InChI=1S/C12H16BIO3/c1-11(2)12(3,4)17-13(16-11)8-6-5-7-9(15)10(8)14/h5-7,15H,1-4H3. The van der Waals surface area contributed by atoms with Gasteiger partial charge in [-0.2, -0.15) is 0 Å².